The van der Waals surface area contributed by atoms with Gasteiger partial charge < -0.3 is 0 Å². The summed E-state index contributed by atoms with van der Waals surface area (Å²) in [5.74, 6) is 0. The number of fused-ring (bicyclic) bond motifs is 1. The van der Waals surface area contributed by atoms with Crippen molar-refractivity contribution < 1.29 is 0 Å². The average molecular weight is 909 g/mol. The van der Waals surface area contributed by atoms with E-state index in [0.717, 1.165) is 0 Å². The minimum Gasteiger partial charge on any atom is -0.0622 e. The Morgan fingerprint density at radius 2 is 0.449 bits per heavy atom. The molecule has 0 spiro atoms. The standard InChI is InChI=1S/C44H34I2P3/c45-49(46)43(47(35-21-7-1-8-22-35,36-23-9-2-10-24-36)37-25-11-3-12-26-37)41-33-19-20-34-42(41)44(49)48(38-27-13-4-14-28-38,39-29-15-5-16-30-39)40-31-17-6-18-32-40/h1-34H/q+1. The van der Waals surface area contributed by atoms with E-state index in [1.807, 2.05) is 0 Å². The molecule has 0 saturated carbocycles. The number of rotatable bonds is 6. The van der Waals surface area contributed by atoms with Gasteiger partial charge >= 0.3 is 0 Å². The molecule has 49 heavy (non-hydrogen) atoms. The van der Waals surface area contributed by atoms with E-state index in [4.69, 9.17) is 0 Å². The molecular weight excluding hydrogens is 875 g/mol. The lowest BCUT2D eigenvalue weighted by molar-refractivity contribution is 1.66. The normalized spacial score (nSPS) is 14.0. The van der Waals surface area contributed by atoms with Gasteiger partial charge in [0.05, 0.1) is 0 Å². The molecule has 0 atom stereocenters. The van der Waals surface area contributed by atoms with Crippen molar-refractivity contribution in [1.29, 1.82) is 0 Å². The Morgan fingerprint density at radius 1 is 0.265 bits per heavy atom. The van der Waals surface area contributed by atoms with E-state index in [2.05, 4.69) is 250 Å². The highest BCUT2D eigenvalue weighted by Gasteiger charge is 2.60. The predicted molar refractivity (Wildman–Crippen MR) is 240 cm³/mol. The van der Waals surface area contributed by atoms with E-state index in [1.54, 1.807) is 10.1 Å². The smallest absolute Gasteiger partial charge is 0.0622 e. The largest absolute Gasteiger partial charge is 0.203 e. The number of halogens is 2. The second-order valence-electron chi connectivity index (χ2n) is 12.1. The lowest BCUT2D eigenvalue weighted by Gasteiger charge is -2.34. The first-order valence-corrected chi connectivity index (χ1v) is 27.3. The SMILES string of the molecule is I[P+]1(I)C(=P(c2ccccc2)(c2ccccc2)c2ccccc2)c2ccccc2C1=P(c1ccccc1)(c1ccccc1)c1ccccc1. The van der Waals surface area contributed by atoms with Crippen molar-refractivity contribution in [1.82, 2.24) is 0 Å². The van der Waals surface area contributed by atoms with E-state index >= 15 is 0 Å². The number of benzene rings is 7. The molecule has 238 valence electrons. The van der Waals surface area contributed by atoms with E-state index < -0.39 is 16.3 Å². The van der Waals surface area contributed by atoms with Crippen LogP contribution in [-0.2, 0) is 0 Å². The molecule has 0 nitrogen and oxygen atoms in total. The van der Waals surface area contributed by atoms with Crippen molar-refractivity contribution in [3.63, 3.8) is 0 Å². The van der Waals surface area contributed by atoms with Crippen LogP contribution < -0.4 is 31.8 Å². The highest BCUT2D eigenvalue weighted by Crippen LogP contribution is 2.88. The topological polar surface area (TPSA) is 0 Å². The first-order valence-electron chi connectivity index (χ1n) is 16.4. The molecule has 8 rings (SSSR count). The molecule has 1 aliphatic rings. The molecule has 0 saturated heterocycles. The summed E-state index contributed by atoms with van der Waals surface area (Å²) in [7, 11) is 0. The van der Waals surface area contributed by atoms with Crippen LogP contribution in [-0.4, -0.2) is 10.1 Å². The summed E-state index contributed by atoms with van der Waals surface area (Å²) in [5.41, 5.74) is 2.82. The van der Waals surface area contributed by atoms with Crippen molar-refractivity contribution >= 4 is 102 Å². The van der Waals surface area contributed by atoms with Gasteiger partial charge in [0.25, 0.3) is 0 Å². The van der Waals surface area contributed by atoms with Crippen LogP contribution in [0.3, 0.4) is 0 Å². The Bertz CT molecular complexity index is 1970. The molecule has 7 aromatic carbocycles. The van der Waals surface area contributed by atoms with E-state index in [0.29, 0.717) is 0 Å². The van der Waals surface area contributed by atoms with Gasteiger partial charge in [-0.2, -0.15) is 0 Å². The average Bonchev–Trinajstić information content (AvgIpc) is 3.42. The highest BCUT2D eigenvalue weighted by atomic mass is 127. The van der Waals surface area contributed by atoms with E-state index in [1.165, 1.54) is 43.0 Å². The summed E-state index contributed by atoms with van der Waals surface area (Å²) in [4.78, 5) is 0. The van der Waals surface area contributed by atoms with Gasteiger partial charge in [0.15, 0.2) is 44.1 Å². The fraction of sp³-hybridized carbons (Fsp3) is 0. The van der Waals surface area contributed by atoms with Crippen LogP contribution in [0.15, 0.2) is 206 Å². The number of hydrogen-bond acceptors (Lipinski definition) is 0. The van der Waals surface area contributed by atoms with Gasteiger partial charge in [0.1, 0.15) is 10.1 Å². The molecule has 0 unspecified atom stereocenters. The Labute approximate surface area is 316 Å². The van der Waals surface area contributed by atoms with Crippen LogP contribution in [0.2, 0.25) is 0 Å². The molecular formula is C44H34I2P3+. The molecule has 1 aliphatic heterocycles. The maximum Gasteiger partial charge on any atom is 0.203 e. The third-order valence-electron chi connectivity index (χ3n) is 9.44. The minimum absolute atomic E-state index is 1.40. The molecule has 7 aromatic rings. The molecule has 1 heterocycles. The summed E-state index contributed by atoms with van der Waals surface area (Å²) in [6.07, 6.45) is 0. The van der Waals surface area contributed by atoms with Crippen LogP contribution in [0.5, 0.6) is 0 Å². The van der Waals surface area contributed by atoms with E-state index in [9.17, 15) is 0 Å². The molecule has 0 bridgehead atoms. The first-order chi connectivity index (χ1) is 24.1. The van der Waals surface area contributed by atoms with Gasteiger partial charge in [-0.15, -0.1) is 0 Å². The zero-order chi connectivity index (χ0) is 33.3. The second-order valence-corrected chi connectivity index (χ2v) is 35.6. The molecule has 0 N–H and O–H groups in total. The maximum atomic E-state index is 2.98. The minimum atomic E-state index is -2.39. The van der Waals surface area contributed by atoms with Crippen molar-refractivity contribution in [3.8, 4) is 0 Å². The molecule has 0 amide bonds. The van der Waals surface area contributed by atoms with Crippen molar-refractivity contribution in [3.05, 3.63) is 217 Å². The monoisotopic (exact) mass is 909 g/mol. The fourth-order valence-electron chi connectivity index (χ4n) is 7.55. The predicted octanol–water partition coefficient (Wildman–Crippen LogP) is 10.4. The third-order valence-corrected chi connectivity index (χ3v) is 33.1. The Hall–Kier alpha value is -2.97. The van der Waals surface area contributed by atoms with Crippen LogP contribution in [0.25, 0.3) is 0 Å². The first kappa shape index (κ1) is 33.2. The Kier molecular flexibility index (Phi) is 9.47. The Morgan fingerprint density at radius 3 is 0.653 bits per heavy atom. The summed E-state index contributed by atoms with van der Waals surface area (Å²) < 4.78 is -2.16. The van der Waals surface area contributed by atoms with Gasteiger partial charge in [-0.05, 0) is 31.8 Å². The second kappa shape index (κ2) is 14.0. The van der Waals surface area contributed by atoms with Gasteiger partial charge in [-0.3, -0.25) is 0 Å². The van der Waals surface area contributed by atoms with Crippen molar-refractivity contribution in [2.75, 3.05) is 0 Å². The van der Waals surface area contributed by atoms with Crippen molar-refractivity contribution in [2.45, 2.75) is 0 Å². The zero-order valence-electron chi connectivity index (χ0n) is 26.7. The highest BCUT2D eigenvalue weighted by molar-refractivity contribution is 14.3. The Balaban J connectivity index is 1.71. The van der Waals surface area contributed by atoms with Gasteiger partial charge in [-0.25, -0.2) is 0 Å². The summed E-state index contributed by atoms with van der Waals surface area (Å²) in [5, 5.41) is 11.6. The van der Waals surface area contributed by atoms with Crippen LogP contribution in [0.1, 0.15) is 11.1 Å². The summed E-state index contributed by atoms with van der Waals surface area (Å²) in [6, 6.07) is 77.8. The summed E-state index contributed by atoms with van der Waals surface area (Å²) >= 11 is 5.95. The molecule has 5 heteroatoms. The quantitative estimate of drug-likeness (QED) is 0.115. The van der Waals surface area contributed by atoms with Gasteiger partial charge in [0.2, 0.25) is 2.55 Å². The molecule has 0 aliphatic carbocycles. The van der Waals surface area contributed by atoms with Crippen LogP contribution >= 0.6 is 60.4 Å². The lowest BCUT2D eigenvalue weighted by atomic mass is 10.1. The van der Waals surface area contributed by atoms with Crippen LogP contribution in [0, 0.1) is 0 Å². The molecule has 0 radical (unpaired) electrons. The van der Waals surface area contributed by atoms with Gasteiger partial charge in [-0.1, -0.05) is 206 Å². The third kappa shape index (κ3) is 5.42. The maximum absolute atomic E-state index is 2.98. The van der Waals surface area contributed by atoms with E-state index in [-0.39, 0.29) is 0 Å². The molecule has 0 fully saturated rings. The summed E-state index contributed by atoms with van der Waals surface area (Å²) in [6.45, 7) is -4.78. The lowest BCUT2D eigenvalue weighted by Crippen LogP contribution is -2.31. The fourth-order valence-corrected chi connectivity index (χ4v) is 37.5. The number of hydrogen-bond donors (Lipinski definition) is 0. The zero-order valence-corrected chi connectivity index (χ0v) is 33.7. The molecule has 0 aromatic heterocycles. The van der Waals surface area contributed by atoms with Crippen molar-refractivity contribution in [2.24, 2.45) is 0 Å². The van der Waals surface area contributed by atoms with Crippen LogP contribution in [0.4, 0.5) is 0 Å². The van der Waals surface area contributed by atoms with Gasteiger partial charge in [0, 0.05) is 24.9 Å².